The van der Waals surface area contributed by atoms with E-state index in [9.17, 15) is 14.4 Å². The Labute approximate surface area is 82.0 Å². The van der Waals surface area contributed by atoms with Crippen molar-refractivity contribution in [3.63, 3.8) is 0 Å². The normalized spacial score (nSPS) is 17.3. The predicted molar refractivity (Wildman–Crippen MR) is 47.2 cm³/mol. The molecule has 1 saturated heterocycles. The molecular formula is C9H13NO4. The maximum Gasteiger partial charge on any atom is 0.304 e. The quantitative estimate of drug-likeness (QED) is 0.475. The van der Waals surface area contributed by atoms with Gasteiger partial charge in [0.2, 0.25) is 12.1 Å². The molecule has 5 nitrogen and oxygen atoms in total. The molecular weight excluding hydrogens is 186 g/mol. The number of rotatable bonds is 4. The van der Waals surface area contributed by atoms with Crippen LogP contribution in [0, 0.1) is 0 Å². The van der Waals surface area contributed by atoms with Crippen LogP contribution in [0.2, 0.25) is 0 Å². The van der Waals surface area contributed by atoms with E-state index in [1.54, 1.807) is 6.92 Å². The lowest BCUT2D eigenvalue weighted by Crippen LogP contribution is -2.54. The molecule has 0 saturated carbocycles. The van der Waals surface area contributed by atoms with Crippen molar-refractivity contribution in [1.29, 1.82) is 0 Å². The molecule has 0 aromatic rings. The Morgan fingerprint density at radius 3 is 2.50 bits per heavy atom. The molecule has 1 rings (SSSR count). The van der Waals surface area contributed by atoms with Gasteiger partial charge in [0, 0.05) is 26.3 Å². The monoisotopic (exact) mass is 199 g/mol. The van der Waals surface area contributed by atoms with Crippen LogP contribution in [0.15, 0.2) is 0 Å². The Hall–Kier alpha value is -1.39. The number of carbonyl (C=O) groups excluding carboxylic acids is 3. The van der Waals surface area contributed by atoms with E-state index in [4.69, 9.17) is 4.74 Å². The molecule has 0 spiro atoms. The molecule has 0 radical (unpaired) electrons. The first-order valence-electron chi connectivity index (χ1n) is 4.55. The summed E-state index contributed by atoms with van der Waals surface area (Å²) < 4.78 is 4.79. The molecule has 0 aliphatic carbocycles. The van der Waals surface area contributed by atoms with Crippen LogP contribution in [-0.2, 0) is 19.1 Å². The third-order valence-corrected chi connectivity index (χ3v) is 2.07. The van der Waals surface area contributed by atoms with E-state index in [0.717, 1.165) is 0 Å². The third kappa shape index (κ3) is 2.10. The van der Waals surface area contributed by atoms with Crippen LogP contribution >= 0.6 is 0 Å². The van der Waals surface area contributed by atoms with Crippen LogP contribution in [0.5, 0.6) is 0 Å². The van der Waals surface area contributed by atoms with Crippen molar-refractivity contribution in [2.24, 2.45) is 0 Å². The highest BCUT2D eigenvalue weighted by Crippen LogP contribution is 2.16. The van der Waals surface area contributed by atoms with Crippen molar-refractivity contribution >= 4 is 17.7 Å². The Morgan fingerprint density at radius 2 is 2.21 bits per heavy atom. The van der Waals surface area contributed by atoms with Crippen LogP contribution in [0.4, 0.5) is 0 Å². The summed E-state index contributed by atoms with van der Waals surface area (Å²) in [6.07, 6.45) is -0.324. The molecule has 1 fully saturated rings. The van der Waals surface area contributed by atoms with Crippen LogP contribution in [0.1, 0.15) is 26.7 Å². The minimum atomic E-state index is -1.00. The Balaban J connectivity index is 2.65. The van der Waals surface area contributed by atoms with Crippen molar-refractivity contribution < 1.29 is 19.1 Å². The number of ketones is 1. The molecule has 0 N–H and O–H groups in total. The van der Waals surface area contributed by atoms with Crippen molar-refractivity contribution in [2.45, 2.75) is 32.9 Å². The average molecular weight is 199 g/mol. The lowest BCUT2D eigenvalue weighted by Gasteiger charge is -2.35. The third-order valence-electron chi connectivity index (χ3n) is 2.07. The van der Waals surface area contributed by atoms with E-state index in [2.05, 4.69) is 0 Å². The molecule has 1 aliphatic rings. The molecule has 0 aromatic heterocycles. The summed E-state index contributed by atoms with van der Waals surface area (Å²) in [4.78, 5) is 34.4. The number of amides is 1. The number of ether oxygens (including phenoxy) is 1. The fourth-order valence-corrected chi connectivity index (χ4v) is 1.22. The minimum absolute atomic E-state index is 0.141. The number of nitrogens with zero attached hydrogens (tertiary/aromatic N) is 1. The van der Waals surface area contributed by atoms with Gasteiger partial charge in [-0.1, -0.05) is 6.92 Å². The Kier molecular flexibility index (Phi) is 3.22. The molecule has 1 amide bonds. The highest BCUT2D eigenvalue weighted by atomic mass is 16.6. The standard InChI is InChI=1S/C9H13NO4/c1-3-7(12)9(14-6(2)11)10-5-4-8(10)13/h9H,3-5H2,1-2H3. The lowest BCUT2D eigenvalue weighted by molar-refractivity contribution is -0.176. The predicted octanol–water partition coefficient (Wildman–Crippen LogP) is 0.0870. The van der Waals surface area contributed by atoms with Crippen molar-refractivity contribution in [1.82, 2.24) is 4.90 Å². The van der Waals surface area contributed by atoms with Gasteiger partial charge in [-0.3, -0.25) is 14.4 Å². The molecule has 1 unspecified atom stereocenters. The van der Waals surface area contributed by atoms with Crippen molar-refractivity contribution in [3.05, 3.63) is 0 Å². The summed E-state index contributed by atoms with van der Waals surface area (Å²) in [5.41, 5.74) is 0. The molecule has 1 aliphatic heterocycles. The number of hydrogen-bond donors (Lipinski definition) is 0. The Bertz CT molecular complexity index is 274. The second-order valence-corrected chi connectivity index (χ2v) is 3.12. The minimum Gasteiger partial charge on any atom is -0.434 e. The van der Waals surface area contributed by atoms with E-state index in [1.165, 1.54) is 11.8 Å². The second-order valence-electron chi connectivity index (χ2n) is 3.12. The summed E-state index contributed by atoms with van der Waals surface area (Å²) in [7, 11) is 0. The number of β-lactam (4-membered cyclic amide) rings is 1. The van der Waals surface area contributed by atoms with E-state index in [0.29, 0.717) is 13.0 Å². The van der Waals surface area contributed by atoms with E-state index < -0.39 is 12.2 Å². The molecule has 1 heterocycles. The molecule has 5 heteroatoms. The largest absolute Gasteiger partial charge is 0.434 e. The zero-order chi connectivity index (χ0) is 10.7. The van der Waals surface area contributed by atoms with Gasteiger partial charge in [0.05, 0.1) is 0 Å². The summed E-state index contributed by atoms with van der Waals surface area (Å²) in [6.45, 7) is 3.38. The Morgan fingerprint density at radius 1 is 1.57 bits per heavy atom. The first-order valence-corrected chi connectivity index (χ1v) is 4.55. The van der Waals surface area contributed by atoms with Gasteiger partial charge < -0.3 is 9.64 Å². The van der Waals surface area contributed by atoms with Gasteiger partial charge >= 0.3 is 5.97 Å². The fourth-order valence-electron chi connectivity index (χ4n) is 1.22. The molecule has 14 heavy (non-hydrogen) atoms. The van der Waals surface area contributed by atoms with Crippen molar-refractivity contribution in [3.8, 4) is 0 Å². The van der Waals surface area contributed by atoms with E-state index in [1.807, 2.05) is 0 Å². The number of likely N-dealkylation sites (tertiary alicyclic amines) is 1. The highest BCUT2D eigenvalue weighted by molar-refractivity contribution is 5.91. The van der Waals surface area contributed by atoms with Gasteiger partial charge in [0.25, 0.3) is 0 Å². The molecule has 1 atom stereocenters. The van der Waals surface area contributed by atoms with E-state index >= 15 is 0 Å². The van der Waals surface area contributed by atoms with Crippen molar-refractivity contribution in [2.75, 3.05) is 6.54 Å². The average Bonchev–Trinajstić information content (AvgIpc) is 2.12. The summed E-state index contributed by atoms with van der Waals surface area (Å²) >= 11 is 0. The second kappa shape index (κ2) is 4.21. The topological polar surface area (TPSA) is 63.7 Å². The summed E-state index contributed by atoms with van der Waals surface area (Å²) in [6, 6.07) is 0. The van der Waals surface area contributed by atoms with Crippen LogP contribution in [-0.4, -0.2) is 35.3 Å². The van der Waals surface area contributed by atoms with Gasteiger partial charge in [-0.25, -0.2) is 0 Å². The molecule has 0 aromatic carbocycles. The first kappa shape index (κ1) is 10.7. The number of carbonyl (C=O) groups is 3. The van der Waals surface area contributed by atoms with Gasteiger partial charge in [-0.05, 0) is 0 Å². The number of hydrogen-bond acceptors (Lipinski definition) is 4. The fraction of sp³-hybridized carbons (Fsp3) is 0.667. The van der Waals surface area contributed by atoms with Gasteiger partial charge in [-0.15, -0.1) is 0 Å². The van der Waals surface area contributed by atoms with E-state index in [-0.39, 0.29) is 18.1 Å². The number of esters is 1. The van der Waals surface area contributed by atoms with Gasteiger partial charge in [-0.2, -0.15) is 0 Å². The van der Waals surface area contributed by atoms with Crippen LogP contribution in [0.25, 0.3) is 0 Å². The van der Waals surface area contributed by atoms with Crippen LogP contribution in [0.3, 0.4) is 0 Å². The van der Waals surface area contributed by atoms with Gasteiger partial charge in [0.1, 0.15) is 0 Å². The summed E-state index contributed by atoms with van der Waals surface area (Å²) in [5.74, 6) is -0.928. The summed E-state index contributed by atoms with van der Waals surface area (Å²) in [5, 5.41) is 0. The highest BCUT2D eigenvalue weighted by Gasteiger charge is 2.36. The number of Topliss-reactive ketones (excluding diaryl/α,β-unsaturated/α-hetero) is 1. The van der Waals surface area contributed by atoms with Gasteiger partial charge in [0.15, 0.2) is 5.78 Å². The SMILES string of the molecule is CCC(=O)C(OC(C)=O)N1CCC1=O. The first-order chi connectivity index (χ1) is 6.56. The maximum absolute atomic E-state index is 11.4. The smallest absolute Gasteiger partial charge is 0.304 e. The van der Waals surface area contributed by atoms with Crippen LogP contribution < -0.4 is 0 Å². The molecule has 0 bridgehead atoms. The maximum atomic E-state index is 11.4. The molecule has 78 valence electrons. The zero-order valence-corrected chi connectivity index (χ0v) is 8.28. The zero-order valence-electron chi connectivity index (χ0n) is 8.28. The lowest BCUT2D eigenvalue weighted by atomic mass is 10.1.